The van der Waals surface area contributed by atoms with Crippen molar-refractivity contribution in [1.82, 2.24) is 0 Å². The highest BCUT2D eigenvalue weighted by Gasteiger charge is 2.24. The summed E-state index contributed by atoms with van der Waals surface area (Å²) in [4.78, 5) is 16.5. The van der Waals surface area contributed by atoms with Crippen LogP contribution in [-0.4, -0.2) is 32.8 Å². The molecule has 0 bridgehead atoms. The molecule has 1 aromatic rings. The smallest absolute Gasteiger partial charge is 0.240 e. The minimum atomic E-state index is -3.47. The van der Waals surface area contributed by atoms with Crippen molar-refractivity contribution in [2.45, 2.75) is 43.3 Å². The van der Waals surface area contributed by atoms with Crippen LogP contribution < -0.4 is 4.90 Å². The van der Waals surface area contributed by atoms with Crippen molar-refractivity contribution < 1.29 is 13.2 Å². The molecule has 1 aliphatic rings. The number of hydrogen-bond donors (Lipinski definition) is 0. The standard InChI is InChI=1S/C15H20N2O3S/c1-12(2)21(19,20)15-7-6-13(10-14(15)16-11-18)17-8-4-3-5-9-17/h6-7,10,12H,3-5,8-9H2,1-2H3. The molecule has 1 saturated heterocycles. The zero-order chi connectivity index (χ0) is 15.5. The largest absolute Gasteiger partial charge is 0.371 e. The van der Waals surface area contributed by atoms with Gasteiger partial charge >= 0.3 is 0 Å². The quantitative estimate of drug-likeness (QED) is 0.633. The van der Waals surface area contributed by atoms with Gasteiger partial charge in [0.25, 0.3) is 0 Å². The van der Waals surface area contributed by atoms with Crippen LogP contribution in [0.3, 0.4) is 0 Å². The number of hydrogen-bond acceptors (Lipinski definition) is 5. The van der Waals surface area contributed by atoms with Crippen molar-refractivity contribution in [3.05, 3.63) is 18.2 Å². The number of nitrogens with zero attached hydrogens (tertiary/aromatic N) is 2. The van der Waals surface area contributed by atoms with Crippen LogP contribution in [0.5, 0.6) is 0 Å². The van der Waals surface area contributed by atoms with E-state index < -0.39 is 15.1 Å². The lowest BCUT2D eigenvalue weighted by molar-refractivity contribution is 0.565. The van der Waals surface area contributed by atoms with Crippen molar-refractivity contribution in [2.24, 2.45) is 4.99 Å². The average molecular weight is 308 g/mol. The second kappa shape index (κ2) is 6.41. The van der Waals surface area contributed by atoms with Crippen LogP contribution >= 0.6 is 0 Å². The van der Waals surface area contributed by atoms with Crippen molar-refractivity contribution >= 4 is 27.3 Å². The number of rotatable bonds is 4. The second-order valence-corrected chi connectivity index (χ2v) is 7.97. The van der Waals surface area contributed by atoms with Gasteiger partial charge in [0.1, 0.15) is 0 Å². The molecular formula is C15H20N2O3S. The molecule has 0 spiro atoms. The van der Waals surface area contributed by atoms with E-state index in [1.165, 1.54) is 12.5 Å². The summed E-state index contributed by atoms with van der Waals surface area (Å²) >= 11 is 0. The van der Waals surface area contributed by atoms with Crippen LogP contribution in [0.25, 0.3) is 0 Å². The van der Waals surface area contributed by atoms with Crippen molar-refractivity contribution in [3.8, 4) is 0 Å². The summed E-state index contributed by atoms with van der Waals surface area (Å²) in [6, 6.07) is 5.02. The minimum absolute atomic E-state index is 0.0987. The van der Waals surface area contributed by atoms with Gasteiger partial charge in [-0.15, -0.1) is 0 Å². The third-order valence-electron chi connectivity index (χ3n) is 3.76. The highest BCUT2D eigenvalue weighted by atomic mass is 32.2. The highest BCUT2D eigenvalue weighted by molar-refractivity contribution is 7.92. The molecule has 0 atom stereocenters. The van der Waals surface area contributed by atoms with Gasteiger partial charge in [-0.05, 0) is 51.3 Å². The zero-order valence-corrected chi connectivity index (χ0v) is 13.2. The number of piperidine rings is 1. The third kappa shape index (κ3) is 3.34. The molecular weight excluding hydrogens is 288 g/mol. The molecule has 2 rings (SSSR count). The first-order valence-corrected chi connectivity index (χ1v) is 8.72. The molecule has 1 fully saturated rings. The lowest BCUT2D eigenvalue weighted by atomic mass is 10.1. The maximum atomic E-state index is 12.3. The zero-order valence-electron chi connectivity index (χ0n) is 12.4. The lowest BCUT2D eigenvalue weighted by Gasteiger charge is -2.29. The Morgan fingerprint density at radius 3 is 2.43 bits per heavy atom. The molecule has 1 aromatic carbocycles. The maximum Gasteiger partial charge on any atom is 0.240 e. The summed E-state index contributed by atoms with van der Waals surface area (Å²) in [6.45, 7) is 5.12. The summed E-state index contributed by atoms with van der Waals surface area (Å²) < 4.78 is 24.6. The Bertz CT molecular complexity index is 655. The Balaban J connectivity index is 2.47. The van der Waals surface area contributed by atoms with Gasteiger partial charge in [0.05, 0.1) is 15.8 Å². The van der Waals surface area contributed by atoms with E-state index in [2.05, 4.69) is 9.89 Å². The van der Waals surface area contributed by atoms with E-state index in [0.29, 0.717) is 0 Å². The number of carbonyl (C=O) groups excluding carboxylic acids is 1. The van der Waals surface area contributed by atoms with E-state index >= 15 is 0 Å². The summed E-state index contributed by atoms with van der Waals surface area (Å²) in [5.41, 5.74) is 1.09. The Labute approximate surface area is 125 Å². The summed E-state index contributed by atoms with van der Waals surface area (Å²) in [7, 11) is -3.47. The number of isocyanates is 1. The molecule has 0 N–H and O–H groups in total. The van der Waals surface area contributed by atoms with E-state index in [1.54, 1.807) is 32.0 Å². The van der Waals surface area contributed by atoms with Crippen molar-refractivity contribution in [1.29, 1.82) is 0 Å². The predicted molar refractivity (Wildman–Crippen MR) is 82.6 cm³/mol. The molecule has 1 heterocycles. The Morgan fingerprint density at radius 1 is 1.19 bits per heavy atom. The minimum Gasteiger partial charge on any atom is -0.371 e. The molecule has 1 aliphatic heterocycles. The average Bonchev–Trinajstić information content (AvgIpc) is 2.48. The molecule has 114 valence electrons. The predicted octanol–water partition coefficient (Wildman–Crippen LogP) is 2.83. The topological polar surface area (TPSA) is 66.8 Å². The fourth-order valence-electron chi connectivity index (χ4n) is 2.49. The van der Waals surface area contributed by atoms with Gasteiger partial charge in [0.15, 0.2) is 9.84 Å². The summed E-state index contributed by atoms with van der Waals surface area (Å²) in [6.07, 6.45) is 4.92. The Kier molecular flexibility index (Phi) is 4.80. The molecule has 0 radical (unpaired) electrons. The molecule has 0 aliphatic carbocycles. The van der Waals surface area contributed by atoms with Crippen molar-refractivity contribution in [3.63, 3.8) is 0 Å². The van der Waals surface area contributed by atoms with Gasteiger partial charge in [0, 0.05) is 18.8 Å². The van der Waals surface area contributed by atoms with Gasteiger partial charge in [-0.3, -0.25) is 0 Å². The van der Waals surface area contributed by atoms with E-state index in [1.807, 2.05) is 0 Å². The fourth-order valence-corrected chi connectivity index (χ4v) is 3.65. The van der Waals surface area contributed by atoms with Crippen LogP contribution in [0.2, 0.25) is 0 Å². The van der Waals surface area contributed by atoms with Gasteiger partial charge in [-0.1, -0.05) is 0 Å². The molecule has 0 saturated carbocycles. The van der Waals surface area contributed by atoms with E-state index in [0.717, 1.165) is 31.6 Å². The Morgan fingerprint density at radius 2 is 1.86 bits per heavy atom. The van der Waals surface area contributed by atoms with Crippen LogP contribution in [0, 0.1) is 0 Å². The normalized spacial score (nSPS) is 15.9. The molecule has 0 amide bonds. The number of aliphatic imine (C=N–C) groups is 1. The summed E-state index contributed by atoms with van der Waals surface area (Å²) in [5.74, 6) is 0. The molecule has 6 heteroatoms. The molecule has 21 heavy (non-hydrogen) atoms. The first kappa shape index (κ1) is 15.7. The van der Waals surface area contributed by atoms with Crippen LogP contribution in [0.1, 0.15) is 33.1 Å². The number of anilines is 1. The third-order valence-corrected chi connectivity index (χ3v) is 5.96. The highest BCUT2D eigenvalue weighted by Crippen LogP contribution is 2.32. The summed E-state index contributed by atoms with van der Waals surface area (Å²) in [5, 5.41) is -0.557. The molecule has 0 unspecified atom stereocenters. The molecule has 0 aromatic heterocycles. The van der Waals surface area contributed by atoms with Gasteiger partial charge in [-0.25, -0.2) is 13.2 Å². The first-order chi connectivity index (χ1) is 9.96. The van der Waals surface area contributed by atoms with Crippen LogP contribution in [-0.2, 0) is 14.6 Å². The lowest BCUT2D eigenvalue weighted by Crippen LogP contribution is -2.29. The first-order valence-electron chi connectivity index (χ1n) is 7.17. The molecule has 5 nitrogen and oxygen atoms in total. The number of sulfone groups is 1. The monoisotopic (exact) mass is 308 g/mol. The number of benzene rings is 1. The van der Waals surface area contributed by atoms with Crippen LogP contribution in [0.15, 0.2) is 28.1 Å². The van der Waals surface area contributed by atoms with E-state index in [9.17, 15) is 13.2 Å². The van der Waals surface area contributed by atoms with E-state index in [4.69, 9.17) is 0 Å². The van der Waals surface area contributed by atoms with Gasteiger partial charge in [0.2, 0.25) is 6.08 Å². The SMILES string of the molecule is CC(C)S(=O)(=O)c1ccc(N2CCCCC2)cc1N=C=O. The van der Waals surface area contributed by atoms with Gasteiger partial charge < -0.3 is 4.90 Å². The second-order valence-electron chi connectivity index (χ2n) is 5.50. The van der Waals surface area contributed by atoms with Crippen molar-refractivity contribution in [2.75, 3.05) is 18.0 Å². The Hall–Kier alpha value is -1.65. The maximum absolute atomic E-state index is 12.3. The van der Waals surface area contributed by atoms with Crippen LogP contribution in [0.4, 0.5) is 11.4 Å². The fraction of sp³-hybridized carbons (Fsp3) is 0.533. The van der Waals surface area contributed by atoms with E-state index in [-0.39, 0.29) is 10.6 Å². The van der Waals surface area contributed by atoms with Gasteiger partial charge in [-0.2, -0.15) is 4.99 Å².